The molecule has 0 atom stereocenters. The number of methoxy groups -OCH3 is 1. The van der Waals surface area contributed by atoms with Gasteiger partial charge in [0.15, 0.2) is 0 Å². The number of hydrogen-bond donors (Lipinski definition) is 1. The molecule has 0 fully saturated rings. The summed E-state index contributed by atoms with van der Waals surface area (Å²) in [5.41, 5.74) is 0. The fourth-order valence-corrected chi connectivity index (χ4v) is 3.18. The van der Waals surface area contributed by atoms with Crippen molar-refractivity contribution in [1.29, 1.82) is 0 Å². The third-order valence-corrected chi connectivity index (χ3v) is 4.94. The second-order valence-corrected chi connectivity index (χ2v) is 7.78. The van der Waals surface area contributed by atoms with Gasteiger partial charge in [-0.15, -0.1) is 0 Å². The summed E-state index contributed by atoms with van der Waals surface area (Å²) >= 11 is 0. The maximum Gasteiger partial charge on any atom is 0.508 e. The molecule has 0 unspecified atom stereocenters. The molecular weight excluding hydrogens is 286 g/mol. The van der Waals surface area contributed by atoms with E-state index in [1.807, 2.05) is 0 Å². The van der Waals surface area contributed by atoms with E-state index >= 15 is 0 Å². The van der Waals surface area contributed by atoms with Crippen LogP contribution in [0, 0.1) is 0 Å². The van der Waals surface area contributed by atoms with Gasteiger partial charge >= 0.3 is 6.16 Å². The minimum Gasteiger partial charge on any atom is -0.438 e. The Morgan fingerprint density at radius 1 is 1.32 bits per heavy atom. The van der Waals surface area contributed by atoms with Crippen molar-refractivity contribution in [2.24, 2.45) is 0 Å². The maximum atomic E-state index is 10.6. The van der Waals surface area contributed by atoms with Crippen molar-refractivity contribution >= 4 is 27.7 Å². The van der Waals surface area contributed by atoms with Crippen molar-refractivity contribution in [3.05, 3.63) is 0 Å². The largest absolute Gasteiger partial charge is 0.508 e. The highest BCUT2D eigenvalue weighted by Crippen LogP contribution is 2.35. The van der Waals surface area contributed by atoms with Crippen LogP contribution in [0.25, 0.3) is 0 Å². The van der Waals surface area contributed by atoms with Crippen molar-refractivity contribution < 1.29 is 19.0 Å². The molecule has 0 saturated carbocycles. The molecule has 0 spiro atoms. The lowest BCUT2D eigenvalue weighted by molar-refractivity contribution is 0.0473. The zero-order valence-electron chi connectivity index (χ0n) is 12.4. The van der Waals surface area contributed by atoms with Gasteiger partial charge in [-0.05, 0) is 13.8 Å². The van der Waals surface area contributed by atoms with E-state index in [1.54, 1.807) is 21.6 Å². The average Bonchev–Trinajstić information content (AvgIpc) is 2.35. The van der Waals surface area contributed by atoms with E-state index in [2.05, 4.69) is 37.7 Å². The van der Waals surface area contributed by atoms with Gasteiger partial charge in [0.05, 0.1) is 13.7 Å². The minimum absolute atomic E-state index is 0.154. The standard InChI is InChI=1S/C12H25NO4S2/c1-10(2)13-8-12(3,4)19-18-9-16-6-7-17-11(14)15-5/h10,13H,6-9H2,1-5H3. The summed E-state index contributed by atoms with van der Waals surface area (Å²) in [5, 5.41) is 3.42. The summed E-state index contributed by atoms with van der Waals surface area (Å²) in [6.07, 6.45) is -0.675. The van der Waals surface area contributed by atoms with E-state index in [0.29, 0.717) is 18.6 Å². The zero-order valence-corrected chi connectivity index (χ0v) is 14.0. The Bertz CT molecular complexity index is 250. The minimum atomic E-state index is -0.675. The first-order valence-electron chi connectivity index (χ1n) is 6.20. The Hall–Kier alpha value is -0.110. The monoisotopic (exact) mass is 311 g/mol. The summed E-state index contributed by atoms with van der Waals surface area (Å²) in [4.78, 5) is 10.6. The van der Waals surface area contributed by atoms with Crippen LogP contribution in [0.3, 0.4) is 0 Å². The number of hydrogen-bond acceptors (Lipinski definition) is 7. The first kappa shape index (κ1) is 18.9. The van der Waals surface area contributed by atoms with Crippen molar-refractivity contribution in [3.63, 3.8) is 0 Å². The quantitative estimate of drug-likeness (QED) is 0.288. The Labute approximate surface area is 123 Å². The van der Waals surface area contributed by atoms with Crippen LogP contribution in [0.2, 0.25) is 0 Å². The Kier molecular flexibility index (Phi) is 10.6. The molecule has 0 aromatic heterocycles. The van der Waals surface area contributed by atoms with Crippen LogP contribution in [0.5, 0.6) is 0 Å². The van der Waals surface area contributed by atoms with E-state index in [0.717, 1.165) is 6.54 Å². The second kappa shape index (κ2) is 10.7. The summed E-state index contributed by atoms with van der Waals surface area (Å²) < 4.78 is 14.5. The maximum absolute atomic E-state index is 10.6. The van der Waals surface area contributed by atoms with Gasteiger partial charge < -0.3 is 19.5 Å². The highest BCUT2D eigenvalue weighted by molar-refractivity contribution is 8.77. The molecule has 0 saturated heterocycles. The van der Waals surface area contributed by atoms with Crippen LogP contribution in [-0.2, 0) is 14.2 Å². The van der Waals surface area contributed by atoms with Crippen molar-refractivity contribution in [2.45, 2.75) is 38.5 Å². The molecule has 114 valence electrons. The van der Waals surface area contributed by atoms with Gasteiger partial charge in [-0.25, -0.2) is 4.79 Å². The summed E-state index contributed by atoms with van der Waals surface area (Å²) in [5.74, 6) is 0.570. The molecule has 7 heteroatoms. The SMILES string of the molecule is COC(=O)OCCOCSSC(C)(C)CNC(C)C. The van der Waals surface area contributed by atoms with Crippen LogP contribution in [0.4, 0.5) is 4.79 Å². The molecule has 0 aromatic carbocycles. The fourth-order valence-electron chi connectivity index (χ4n) is 0.999. The van der Waals surface area contributed by atoms with Crippen LogP contribution < -0.4 is 5.32 Å². The lowest BCUT2D eigenvalue weighted by Crippen LogP contribution is -2.35. The summed E-state index contributed by atoms with van der Waals surface area (Å²) in [6.45, 7) is 10.2. The van der Waals surface area contributed by atoms with Crippen LogP contribution in [-0.4, -0.2) is 49.8 Å². The van der Waals surface area contributed by atoms with Crippen LogP contribution in [0.15, 0.2) is 0 Å². The molecule has 1 N–H and O–H groups in total. The molecule has 0 aromatic rings. The summed E-state index contributed by atoms with van der Waals surface area (Å²) in [7, 11) is 4.73. The van der Waals surface area contributed by atoms with Gasteiger partial charge in [0.1, 0.15) is 12.5 Å². The van der Waals surface area contributed by atoms with Gasteiger partial charge in [0.2, 0.25) is 0 Å². The predicted molar refractivity (Wildman–Crippen MR) is 81.6 cm³/mol. The molecule has 0 rings (SSSR count). The molecule has 0 aliphatic rings. The van der Waals surface area contributed by atoms with Crippen molar-refractivity contribution in [1.82, 2.24) is 5.32 Å². The first-order valence-corrected chi connectivity index (χ1v) is 8.52. The average molecular weight is 311 g/mol. The number of nitrogens with one attached hydrogen (secondary N) is 1. The number of carbonyl (C=O) groups is 1. The van der Waals surface area contributed by atoms with Gasteiger partial charge in [0.25, 0.3) is 0 Å². The lowest BCUT2D eigenvalue weighted by Gasteiger charge is -2.24. The van der Waals surface area contributed by atoms with E-state index in [-0.39, 0.29) is 11.4 Å². The smallest absolute Gasteiger partial charge is 0.438 e. The molecule has 0 heterocycles. The Morgan fingerprint density at radius 2 is 2.00 bits per heavy atom. The van der Waals surface area contributed by atoms with E-state index in [4.69, 9.17) is 9.47 Å². The van der Waals surface area contributed by atoms with E-state index < -0.39 is 6.16 Å². The number of ether oxygens (including phenoxy) is 3. The van der Waals surface area contributed by atoms with Gasteiger partial charge in [0, 0.05) is 17.3 Å². The Morgan fingerprint density at radius 3 is 2.58 bits per heavy atom. The van der Waals surface area contributed by atoms with Gasteiger partial charge in [-0.1, -0.05) is 35.4 Å². The summed E-state index contributed by atoms with van der Waals surface area (Å²) in [6, 6.07) is 0.497. The topological polar surface area (TPSA) is 56.8 Å². The number of rotatable bonds is 10. The Balaban J connectivity index is 3.44. The first-order chi connectivity index (χ1) is 8.87. The predicted octanol–water partition coefficient (Wildman–Crippen LogP) is 2.90. The molecule has 0 radical (unpaired) electrons. The molecule has 0 aliphatic carbocycles. The molecule has 5 nitrogen and oxygen atoms in total. The molecular formula is C12H25NO4S2. The highest BCUT2D eigenvalue weighted by atomic mass is 33.1. The lowest BCUT2D eigenvalue weighted by atomic mass is 10.2. The molecule has 0 amide bonds. The molecule has 0 bridgehead atoms. The third kappa shape index (κ3) is 12.7. The molecule has 19 heavy (non-hydrogen) atoms. The van der Waals surface area contributed by atoms with Gasteiger partial charge in [-0.3, -0.25) is 0 Å². The fraction of sp³-hybridized carbons (Fsp3) is 0.917. The third-order valence-electron chi connectivity index (χ3n) is 1.97. The van der Waals surface area contributed by atoms with Crippen molar-refractivity contribution in [3.8, 4) is 0 Å². The van der Waals surface area contributed by atoms with E-state index in [1.165, 1.54) is 7.11 Å². The highest BCUT2D eigenvalue weighted by Gasteiger charge is 2.18. The van der Waals surface area contributed by atoms with Crippen LogP contribution in [0.1, 0.15) is 27.7 Å². The van der Waals surface area contributed by atoms with Crippen molar-refractivity contribution in [2.75, 3.05) is 32.8 Å². The van der Waals surface area contributed by atoms with Crippen LogP contribution >= 0.6 is 21.6 Å². The number of carbonyl (C=O) groups excluding carboxylic acids is 1. The van der Waals surface area contributed by atoms with E-state index in [9.17, 15) is 4.79 Å². The zero-order chi connectivity index (χ0) is 14.7. The second-order valence-electron chi connectivity index (χ2n) is 4.83. The normalized spacial score (nSPS) is 11.7. The molecule has 0 aliphatic heterocycles. The van der Waals surface area contributed by atoms with Gasteiger partial charge in [-0.2, -0.15) is 0 Å².